The van der Waals surface area contributed by atoms with Crippen molar-refractivity contribution in [2.75, 3.05) is 26.7 Å². The van der Waals surface area contributed by atoms with Crippen molar-refractivity contribution in [1.29, 1.82) is 0 Å². The zero-order chi connectivity index (χ0) is 8.97. The van der Waals surface area contributed by atoms with E-state index in [4.69, 9.17) is 4.74 Å². The van der Waals surface area contributed by atoms with Gasteiger partial charge >= 0.3 is 0 Å². The monoisotopic (exact) mass is 171 g/mol. The van der Waals surface area contributed by atoms with Crippen molar-refractivity contribution >= 4 is 5.78 Å². The van der Waals surface area contributed by atoms with Gasteiger partial charge < -0.3 is 4.74 Å². The molecule has 3 heteroatoms. The lowest BCUT2D eigenvalue weighted by molar-refractivity contribution is -0.121. The van der Waals surface area contributed by atoms with E-state index in [0.29, 0.717) is 5.78 Å². The fourth-order valence-electron chi connectivity index (χ4n) is 1.42. The van der Waals surface area contributed by atoms with Crippen molar-refractivity contribution in [3.05, 3.63) is 0 Å². The van der Waals surface area contributed by atoms with E-state index in [-0.39, 0.29) is 6.10 Å². The smallest absolute Gasteiger partial charge is 0.135 e. The number of rotatable bonds is 3. The van der Waals surface area contributed by atoms with Crippen molar-refractivity contribution in [3.8, 4) is 0 Å². The highest BCUT2D eigenvalue weighted by Gasteiger charge is 2.17. The van der Waals surface area contributed by atoms with Crippen LogP contribution in [0.1, 0.15) is 19.8 Å². The van der Waals surface area contributed by atoms with Gasteiger partial charge in [0.15, 0.2) is 0 Å². The Kier molecular flexibility index (Phi) is 3.69. The molecular weight excluding hydrogens is 154 g/mol. The Balaban J connectivity index is 2.21. The van der Waals surface area contributed by atoms with Gasteiger partial charge in [-0.2, -0.15) is 0 Å². The van der Waals surface area contributed by atoms with Crippen LogP contribution >= 0.6 is 0 Å². The highest BCUT2D eigenvalue weighted by molar-refractivity contribution is 5.79. The average molecular weight is 171 g/mol. The highest BCUT2D eigenvalue weighted by Crippen LogP contribution is 2.06. The van der Waals surface area contributed by atoms with Gasteiger partial charge in [0.1, 0.15) is 5.78 Å². The standard InChI is InChI=1S/C9H17NO2/c1-8(12-2)7-10-5-3-9(11)4-6-10/h8H,3-7H2,1-2H3. The topological polar surface area (TPSA) is 29.5 Å². The summed E-state index contributed by atoms with van der Waals surface area (Å²) >= 11 is 0. The van der Waals surface area contributed by atoms with Crippen LogP contribution in [0, 0.1) is 0 Å². The van der Waals surface area contributed by atoms with E-state index in [1.165, 1.54) is 0 Å². The molecule has 0 amide bonds. The summed E-state index contributed by atoms with van der Waals surface area (Å²) in [6, 6.07) is 0. The number of hydrogen-bond donors (Lipinski definition) is 0. The molecule has 0 aromatic rings. The van der Waals surface area contributed by atoms with Crippen LogP contribution in [0.25, 0.3) is 0 Å². The average Bonchev–Trinajstić information content (AvgIpc) is 2.09. The summed E-state index contributed by atoms with van der Waals surface area (Å²) in [4.78, 5) is 13.2. The first-order valence-corrected chi connectivity index (χ1v) is 4.49. The third kappa shape index (κ3) is 2.91. The van der Waals surface area contributed by atoms with Crippen molar-refractivity contribution in [2.45, 2.75) is 25.9 Å². The van der Waals surface area contributed by atoms with Gasteiger partial charge in [-0.15, -0.1) is 0 Å². The van der Waals surface area contributed by atoms with Crippen LogP contribution in [0.5, 0.6) is 0 Å². The van der Waals surface area contributed by atoms with Gasteiger partial charge in [-0.05, 0) is 6.92 Å². The molecule has 0 saturated carbocycles. The lowest BCUT2D eigenvalue weighted by atomic mass is 10.1. The molecule has 1 fully saturated rings. The third-order valence-electron chi connectivity index (χ3n) is 2.33. The SMILES string of the molecule is COC(C)CN1CCC(=O)CC1. The Morgan fingerprint density at radius 1 is 1.50 bits per heavy atom. The molecule has 1 saturated heterocycles. The van der Waals surface area contributed by atoms with E-state index >= 15 is 0 Å². The van der Waals surface area contributed by atoms with Gasteiger partial charge in [0.2, 0.25) is 0 Å². The van der Waals surface area contributed by atoms with Crippen LogP contribution in [0.2, 0.25) is 0 Å². The number of likely N-dealkylation sites (tertiary alicyclic amines) is 1. The second-order valence-corrected chi connectivity index (χ2v) is 3.39. The summed E-state index contributed by atoms with van der Waals surface area (Å²) in [5, 5.41) is 0. The Morgan fingerprint density at radius 3 is 2.58 bits per heavy atom. The van der Waals surface area contributed by atoms with Crippen LogP contribution < -0.4 is 0 Å². The van der Waals surface area contributed by atoms with Crippen LogP contribution in [-0.2, 0) is 9.53 Å². The Bertz CT molecular complexity index is 149. The molecular formula is C9H17NO2. The van der Waals surface area contributed by atoms with Gasteiger partial charge in [-0.25, -0.2) is 0 Å². The Hall–Kier alpha value is -0.410. The number of ether oxygens (including phenoxy) is 1. The summed E-state index contributed by atoms with van der Waals surface area (Å²) in [6.07, 6.45) is 1.71. The molecule has 1 heterocycles. The molecule has 0 aromatic carbocycles. The molecule has 3 nitrogen and oxygen atoms in total. The predicted octanol–water partition coefficient (Wildman–Crippen LogP) is 0.686. The molecule has 1 atom stereocenters. The van der Waals surface area contributed by atoms with Crippen molar-refractivity contribution in [2.24, 2.45) is 0 Å². The molecule has 0 aromatic heterocycles. The minimum Gasteiger partial charge on any atom is -0.380 e. The predicted molar refractivity (Wildman–Crippen MR) is 47.2 cm³/mol. The fourth-order valence-corrected chi connectivity index (χ4v) is 1.42. The molecule has 1 rings (SSSR count). The van der Waals surface area contributed by atoms with Gasteiger partial charge in [0, 0.05) is 39.6 Å². The minimum atomic E-state index is 0.276. The molecule has 0 bridgehead atoms. The van der Waals surface area contributed by atoms with E-state index in [2.05, 4.69) is 11.8 Å². The van der Waals surface area contributed by atoms with Gasteiger partial charge in [0.25, 0.3) is 0 Å². The number of piperidine rings is 1. The Labute approximate surface area is 73.7 Å². The molecule has 1 aliphatic rings. The lowest BCUT2D eigenvalue weighted by Gasteiger charge is -2.27. The van der Waals surface area contributed by atoms with E-state index in [9.17, 15) is 4.79 Å². The summed E-state index contributed by atoms with van der Waals surface area (Å²) in [7, 11) is 1.72. The fraction of sp³-hybridized carbons (Fsp3) is 0.889. The number of nitrogens with zero attached hydrogens (tertiary/aromatic N) is 1. The van der Waals surface area contributed by atoms with Crippen LogP contribution in [-0.4, -0.2) is 43.5 Å². The number of carbonyl (C=O) groups is 1. The van der Waals surface area contributed by atoms with Crippen LogP contribution in [0.3, 0.4) is 0 Å². The first kappa shape index (κ1) is 9.68. The zero-order valence-corrected chi connectivity index (χ0v) is 7.88. The van der Waals surface area contributed by atoms with Crippen LogP contribution in [0.4, 0.5) is 0 Å². The molecule has 0 spiro atoms. The first-order chi connectivity index (χ1) is 5.72. The second kappa shape index (κ2) is 4.58. The van der Waals surface area contributed by atoms with Crippen molar-refractivity contribution in [3.63, 3.8) is 0 Å². The summed E-state index contributed by atoms with van der Waals surface area (Å²) < 4.78 is 5.15. The number of carbonyl (C=O) groups excluding carboxylic acids is 1. The van der Waals surface area contributed by atoms with Gasteiger partial charge in [0.05, 0.1) is 6.10 Å². The number of hydrogen-bond acceptors (Lipinski definition) is 3. The molecule has 70 valence electrons. The molecule has 12 heavy (non-hydrogen) atoms. The number of Topliss-reactive ketones (excluding diaryl/α,β-unsaturated/α-hetero) is 1. The molecule has 1 unspecified atom stereocenters. The lowest BCUT2D eigenvalue weighted by Crippen LogP contribution is -2.38. The largest absolute Gasteiger partial charge is 0.380 e. The quantitative estimate of drug-likeness (QED) is 0.625. The number of methoxy groups -OCH3 is 1. The maximum absolute atomic E-state index is 10.9. The molecule has 0 aliphatic carbocycles. The highest BCUT2D eigenvalue weighted by atomic mass is 16.5. The molecule has 1 aliphatic heterocycles. The second-order valence-electron chi connectivity index (χ2n) is 3.39. The maximum atomic E-state index is 10.9. The van der Waals surface area contributed by atoms with E-state index in [0.717, 1.165) is 32.5 Å². The molecule has 0 N–H and O–H groups in total. The van der Waals surface area contributed by atoms with Gasteiger partial charge in [-0.3, -0.25) is 9.69 Å². The van der Waals surface area contributed by atoms with Crippen molar-refractivity contribution < 1.29 is 9.53 Å². The first-order valence-electron chi connectivity index (χ1n) is 4.49. The number of ketones is 1. The summed E-state index contributed by atoms with van der Waals surface area (Å²) in [5.41, 5.74) is 0. The minimum absolute atomic E-state index is 0.276. The maximum Gasteiger partial charge on any atom is 0.135 e. The van der Waals surface area contributed by atoms with E-state index in [1.54, 1.807) is 7.11 Å². The van der Waals surface area contributed by atoms with Crippen molar-refractivity contribution in [1.82, 2.24) is 4.90 Å². The van der Waals surface area contributed by atoms with E-state index in [1.807, 2.05) is 0 Å². The third-order valence-corrected chi connectivity index (χ3v) is 2.33. The Morgan fingerprint density at radius 2 is 2.08 bits per heavy atom. The zero-order valence-electron chi connectivity index (χ0n) is 7.88. The summed E-state index contributed by atoms with van der Waals surface area (Å²) in [5.74, 6) is 0.399. The van der Waals surface area contributed by atoms with E-state index < -0.39 is 0 Å². The van der Waals surface area contributed by atoms with Crippen LogP contribution in [0.15, 0.2) is 0 Å². The van der Waals surface area contributed by atoms with Gasteiger partial charge in [-0.1, -0.05) is 0 Å². The summed E-state index contributed by atoms with van der Waals surface area (Å²) in [6.45, 7) is 4.82. The normalized spacial score (nSPS) is 22.7. The molecule has 0 radical (unpaired) electrons.